The van der Waals surface area contributed by atoms with Gasteiger partial charge in [0.2, 0.25) is 0 Å². The summed E-state index contributed by atoms with van der Waals surface area (Å²) in [5.41, 5.74) is 1.81. The lowest BCUT2D eigenvalue weighted by molar-refractivity contribution is 0.0931. The van der Waals surface area contributed by atoms with E-state index in [0.717, 1.165) is 25.7 Å². The molecule has 0 bridgehead atoms. The average Bonchev–Trinajstić information content (AvgIpc) is 3.54. The Morgan fingerprint density at radius 3 is 2.42 bits per heavy atom. The quantitative estimate of drug-likeness (QED) is 0.364. The minimum atomic E-state index is -0.546. The second-order valence-electron chi connectivity index (χ2n) is 8.92. The second kappa shape index (κ2) is 11.0. The van der Waals surface area contributed by atoms with E-state index in [1.54, 1.807) is 36.7 Å². The van der Waals surface area contributed by atoms with Gasteiger partial charge >= 0.3 is 0 Å². The van der Waals surface area contributed by atoms with Crippen LogP contribution in [0.5, 0.6) is 0 Å². The summed E-state index contributed by atoms with van der Waals surface area (Å²) >= 11 is 1.26. The molecule has 188 valence electrons. The van der Waals surface area contributed by atoms with Crippen LogP contribution in [0.4, 0.5) is 9.52 Å². The molecule has 1 aromatic heterocycles. The molecular formula is C27H29FN4O3S. The number of thiazole rings is 1. The number of anilines is 1. The van der Waals surface area contributed by atoms with E-state index in [1.807, 2.05) is 13.8 Å². The van der Waals surface area contributed by atoms with Crippen molar-refractivity contribution < 1.29 is 18.8 Å². The highest BCUT2D eigenvalue weighted by atomic mass is 32.1. The molecule has 2 aromatic carbocycles. The van der Waals surface area contributed by atoms with Crippen LogP contribution in [0.25, 0.3) is 11.1 Å². The van der Waals surface area contributed by atoms with E-state index in [9.17, 15) is 18.8 Å². The van der Waals surface area contributed by atoms with Crippen molar-refractivity contribution in [3.63, 3.8) is 0 Å². The lowest BCUT2D eigenvalue weighted by Crippen LogP contribution is -2.34. The van der Waals surface area contributed by atoms with Crippen LogP contribution in [-0.2, 0) is 0 Å². The first-order valence-corrected chi connectivity index (χ1v) is 13.0. The Bertz CT molecular complexity index is 1280. The van der Waals surface area contributed by atoms with Gasteiger partial charge in [-0.05, 0) is 73.6 Å². The van der Waals surface area contributed by atoms with Gasteiger partial charge in [-0.2, -0.15) is 0 Å². The van der Waals surface area contributed by atoms with Gasteiger partial charge < -0.3 is 10.6 Å². The van der Waals surface area contributed by atoms with Gasteiger partial charge in [0.05, 0.1) is 0 Å². The van der Waals surface area contributed by atoms with Crippen molar-refractivity contribution in [2.75, 3.05) is 5.32 Å². The molecule has 0 aliphatic heterocycles. The van der Waals surface area contributed by atoms with Gasteiger partial charge in [0.25, 0.3) is 17.7 Å². The molecule has 0 unspecified atom stereocenters. The van der Waals surface area contributed by atoms with E-state index in [1.165, 1.54) is 23.5 Å². The summed E-state index contributed by atoms with van der Waals surface area (Å²) in [5.74, 6) is -1.67. The maximum absolute atomic E-state index is 15.0. The van der Waals surface area contributed by atoms with E-state index in [4.69, 9.17) is 0 Å². The maximum atomic E-state index is 15.0. The molecular weight excluding hydrogens is 479 g/mol. The molecule has 0 atom stereocenters. The lowest BCUT2D eigenvalue weighted by Gasteiger charge is -2.17. The normalized spacial score (nSPS) is 12.9. The van der Waals surface area contributed by atoms with Crippen LogP contribution in [0.15, 0.2) is 41.9 Å². The van der Waals surface area contributed by atoms with E-state index < -0.39 is 11.7 Å². The van der Waals surface area contributed by atoms with Crippen LogP contribution in [0, 0.1) is 12.7 Å². The standard InChI is InChI=1S/C27H29FN4O3S/c1-4-18(5-2)30-24(33)16-6-9-20(22(12-16)26(35)32-27-29-10-11-36-27)21-13-17(14-23(28)15(21)3)25(34)31-19-7-8-19/h6,9-14,18-19H,4-5,7-8H2,1-3H3,(H,30,33)(H,31,34)(H,29,32,35). The van der Waals surface area contributed by atoms with E-state index in [0.29, 0.717) is 27.4 Å². The number of carbonyl (C=O) groups excluding carboxylic acids is 3. The van der Waals surface area contributed by atoms with E-state index in [2.05, 4.69) is 20.9 Å². The summed E-state index contributed by atoms with van der Waals surface area (Å²) in [5, 5.41) is 10.7. The fourth-order valence-electron chi connectivity index (χ4n) is 3.91. The first-order valence-electron chi connectivity index (χ1n) is 12.1. The summed E-state index contributed by atoms with van der Waals surface area (Å²) in [6, 6.07) is 7.69. The molecule has 1 fully saturated rings. The number of carbonyl (C=O) groups is 3. The molecule has 3 amide bonds. The zero-order valence-corrected chi connectivity index (χ0v) is 21.3. The minimum absolute atomic E-state index is 0.0165. The number of benzene rings is 2. The number of amides is 3. The number of halogens is 1. The van der Waals surface area contributed by atoms with E-state index >= 15 is 0 Å². The Morgan fingerprint density at radius 2 is 1.78 bits per heavy atom. The number of nitrogens with zero attached hydrogens (tertiary/aromatic N) is 1. The molecule has 4 rings (SSSR count). The van der Waals surface area contributed by atoms with Crippen molar-refractivity contribution in [2.24, 2.45) is 0 Å². The number of nitrogens with one attached hydrogen (secondary N) is 3. The van der Waals surface area contributed by atoms with Gasteiger partial charge in [0.15, 0.2) is 5.13 Å². The van der Waals surface area contributed by atoms with Gasteiger partial charge in [-0.1, -0.05) is 19.9 Å². The van der Waals surface area contributed by atoms with Crippen LogP contribution in [0.3, 0.4) is 0 Å². The molecule has 0 spiro atoms. The Hall–Kier alpha value is -3.59. The van der Waals surface area contributed by atoms with E-state index in [-0.39, 0.29) is 35.0 Å². The molecule has 9 heteroatoms. The van der Waals surface area contributed by atoms with Crippen LogP contribution in [0.2, 0.25) is 0 Å². The number of hydrogen-bond acceptors (Lipinski definition) is 5. The molecule has 1 heterocycles. The van der Waals surface area contributed by atoms with Crippen molar-refractivity contribution >= 4 is 34.2 Å². The highest BCUT2D eigenvalue weighted by Crippen LogP contribution is 2.32. The third-order valence-corrected chi connectivity index (χ3v) is 7.00. The van der Waals surface area contributed by atoms with Crippen molar-refractivity contribution in [2.45, 2.75) is 58.5 Å². The Labute approximate surface area is 213 Å². The zero-order chi connectivity index (χ0) is 25.8. The largest absolute Gasteiger partial charge is 0.349 e. The van der Waals surface area contributed by atoms with Crippen molar-refractivity contribution in [1.29, 1.82) is 0 Å². The molecule has 0 radical (unpaired) electrons. The molecule has 1 saturated carbocycles. The minimum Gasteiger partial charge on any atom is -0.349 e. The summed E-state index contributed by atoms with van der Waals surface area (Å²) in [7, 11) is 0. The predicted molar refractivity (Wildman–Crippen MR) is 139 cm³/mol. The van der Waals surface area contributed by atoms with Gasteiger partial charge in [-0.15, -0.1) is 11.3 Å². The summed E-state index contributed by atoms with van der Waals surface area (Å²) < 4.78 is 15.0. The molecule has 7 nitrogen and oxygen atoms in total. The Kier molecular flexibility index (Phi) is 7.79. The summed E-state index contributed by atoms with van der Waals surface area (Å²) in [6.45, 7) is 5.59. The van der Waals surface area contributed by atoms with Crippen molar-refractivity contribution in [3.05, 3.63) is 70.0 Å². The first-order chi connectivity index (χ1) is 17.3. The summed E-state index contributed by atoms with van der Waals surface area (Å²) in [6.07, 6.45) is 4.96. The van der Waals surface area contributed by atoms with Gasteiger partial charge in [0.1, 0.15) is 5.82 Å². The molecule has 3 N–H and O–H groups in total. The lowest BCUT2D eigenvalue weighted by atomic mass is 9.91. The van der Waals surface area contributed by atoms with Crippen LogP contribution in [-0.4, -0.2) is 34.8 Å². The average molecular weight is 509 g/mol. The first kappa shape index (κ1) is 25.5. The molecule has 0 saturated heterocycles. The summed E-state index contributed by atoms with van der Waals surface area (Å²) in [4.78, 5) is 43.0. The molecule has 1 aliphatic rings. The number of rotatable bonds is 9. The molecule has 3 aromatic rings. The smallest absolute Gasteiger partial charge is 0.258 e. The van der Waals surface area contributed by atoms with Gasteiger partial charge in [-0.3, -0.25) is 19.7 Å². The highest BCUT2D eigenvalue weighted by Gasteiger charge is 2.26. The van der Waals surface area contributed by atoms with Crippen LogP contribution < -0.4 is 16.0 Å². The number of hydrogen-bond donors (Lipinski definition) is 3. The van der Waals surface area contributed by atoms with Crippen LogP contribution in [0.1, 0.15) is 76.2 Å². The topological polar surface area (TPSA) is 100 Å². The monoisotopic (exact) mass is 508 g/mol. The zero-order valence-electron chi connectivity index (χ0n) is 20.5. The number of aromatic nitrogens is 1. The Balaban J connectivity index is 1.77. The van der Waals surface area contributed by atoms with Crippen molar-refractivity contribution in [3.8, 4) is 11.1 Å². The molecule has 36 heavy (non-hydrogen) atoms. The third kappa shape index (κ3) is 5.79. The van der Waals surface area contributed by atoms with Gasteiger partial charge in [-0.25, -0.2) is 9.37 Å². The third-order valence-electron chi connectivity index (χ3n) is 6.31. The fraction of sp³-hybridized carbons (Fsp3) is 0.333. The predicted octanol–water partition coefficient (Wildman–Crippen LogP) is 5.32. The fourth-order valence-corrected chi connectivity index (χ4v) is 4.43. The molecule has 1 aliphatic carbocycles. The second-order valence-corrected chi connectivity index (χ2v) is 9.81. The van der Waals surface area contributed by atoms with Gasteiger partial charge in [0, 0.05) is 40.4 Å². The van der Waals surface area contributed by atoms with Crippen molar-refractivity contribution in [1.82, 2.24) is 15.6 Å². The SMILES string of the molecule is CCC(CC)NC(=O)c1ccc(-c2cc(C(=O)NC3CC3)cc(F)c2C)c(C(=O)Nc2nccs2)c1. The Morgan fingerprint density at radius 1 is 1.03 bits per heavy atom. The highest BCUT2D eigenvalue weighted by molar-refractivity contribution is 7.13. The van der Waals surface area contributed by atoms with Crippen LogP contribution >= 0.6 is 11.3 Å². The maximum Gasteiger partial charge on any atom is 0.258 e.